The zero-order valence-electron chi connectivity index (χ0n) is 17.9. The molecule has 0 radical (unpaired) electrons. The van der Waals surface area contributed by atoms with Gasteiger partial charge >= 0.3 is 24.7 Å². The topological polar surface area (TPSA) is 127 Å². The molecule has 3 rings (SSSR count). The van der Waals surface area contributed by atoms with Gasteiger partial charge in [-0.1, -0.05) is 16.7 Å². The van der Waals surface area contributed by atoms with E-state index in [2.05, 4.69) is 20.3 Å². The molecule has 1 aliphatic rings. The zero-order chi connectivity index (χ0) is 26.7. The number of carbonyl (C=O) groups is 2. The summed E-state index contributed by atoms with van der Waals surface area (Å²) >= 11 is 5.64. The lowest BCUT2D eigenvalue weighted by atomic mass is 9.98. The number of nitrogens with zero attached hydrogens (tertiary/aromatic N) is 3. The highest BCUT2D eigenvalue weighted by atomic mass is 35.5. The van der Waals surface area contributed by atoms with Crippen LogP contribution in [0, 0.1) is 0 Å². The Kier molecular flexibility index (Phi) is 8.18. The molecule has 1 aliphatic heterocycles. The summed E-state index contributed by atoms with van der Waals surface area (Å²) in [4.78, 5) is 25.2. The summed E-state index contributed by atoms with van der Waals surface area (Å²) in [6, 6.07) is 0.837. The quantitative estimate of drug-likeness (QED) is 0.389. The minimum atomic E-state index is -4.84. The van der Waals surface area contributed by atoms with Gasteiger partial charge in [0.25, 0.3) is 5.91 Å². The largest absolute Gasteiger partial charge is 0.522 e. The number of carboxylic acid groups (broad SMARTS) is 1. The first-order chi connectivity index (χ1) is 16.7. The third-order valence-electron chi connectivity index (χ3n) is 4.98. The molecular formula is C19H17ClF6N4O6. The molecule has 2 amide bonds. The summed E-state index contributed by atoms with van der Waals surface area (Å²) in [5.41, 5.74) is -1.25. The van der Waals surface area contributed by atoms with Gasteiger partial charge < -0.3 is 19.6 Å². The predicted octanol–water partition coefficient (Wildman–Crippen LogP) is 4.27. The Hall–Kier alpha value is -3.27. The number of ether oxygens (including phenoxy) is 2. The molecule has 10 nitrogen and oxygen atoms in total. The van der Waals surface area contributed by atoms with Crippen LogP contribution in [0.3, 0.4) is 0 Å². The van der Waals surface area contributed by atoms with Crippen molar-refractivity contribution in [2.45, 2.75) is 37.5 Å². The Morgan fingerprint density at radius 3 is 2.50 bits per heavy atom. The number of amides is 2. The van der Waals surface area contributed by atoms with E-state index in [1.165, 1.54) is 0 Å². The summed E-state index contributed by atoms with van der Waals surface area (Å²) in [5.74, 6) is -0.933. The lowest BCUT2D eigenvalue weighted by Crippen LogP contribution is -2.50. The molecule has 198 valence electrons. The van der Waals surface area contributed by atoms with Gasteiger partial charge in [0.2, 0.25) is 5.89 Å². The van der Waals surface area contributed by atoms with Crippen LogP contribution in [0.2, 0.25) is 5.02 Å². The fraction of sp³-hybridized carbons (Fsp3) is 0.474. The number of rotatable bonds is 7. The molecule has 0 unspecified atom stereocenters. The highest BCUT2D eigenvalue weighted by Crippen LogP contribution is 2.35. The molecule has 36 heavy (non-hydrogen) atoms. The molecule has 0 bridgehead atoms. The van der Waals surface area contributed by atoms with Crippen LogP contribution in [-0.4, -0.2) is 64.4 Å². The SMILES string of the molecule is O=C(N[C@H]1CC[C@H](c2nnc(OCCOC(F)(F)F)o2)N(C(=O)O)C1)c1ccc(C(F)(F)F)c(Cl)c1. The first-order valence-corrected chi connectivity index (χ1v) is 10.5. The van der Waals surface area contributed by atoms with Gasteiger partial charge in [-0.05, 0) is 31.0 Å². The average molecular weight is 547 g/mol. The van der Waals surface area contributed by atoms with Crippen molar-refractivity contribution in [3.8, 4) is 6.08 Å². The maximum absolute atomic E-state index is 12.9. The van der Waals surface area contributed by atoms with Gasteiger partial charge in [-0.2, -0.15) is 13.2 Å². The van der Waals surface area contributed by atoms with Crippen LogP contribution in [0.4, 0.5) is 31.1 Å². The monoisotopic (exact) mass is 546 g/mol. The van der Waals surface area contributed by atoms with Gasteiger partial charge in [0, 0.05) is 18.2 Å². The van der Waals surface area contributed by atoms with Crippen molar-refractivity contribution in [3.05, 3.63) is 40.2 Å². The lowest BCUT2D eigenvalue weighted by Gasteiger charge is -2.36. The number of likely N-dealkylation sites (tertiary alicyclic amines) is 1. The number of hydrogen-bond acceptors (Lipinski definition) is 7. The van der Waals surface area contributed by atoms with E-state index >= 15 is 0 Å². The van der Waals surface area contributed by atoms with Gasteiger partial charge in [0.05, 0.1) is 17.2 Å². The Balaban J connectivity index is 1.60. The van der Waals surface area contributed by atoms with Crippen LogP contribution in [0.25, 0.3) is 0 Å². The lowest BCUT2D eigenvalue weighted by molar-refractivity contribution is -0.325. The van der Waals surface area contributed by atoms with E-state index in [9.17, 15) is 41.0 Å². The Labute approximate surface area is 203 Å². The summed E-state index contributed by atoms with van der Waals surface area (Å²) in [5, 5.41) is 18.6. The molecule has 17 heteroatoms. The van der Waals surface area contributed by atoms with Gasteiger partial charge in [0.1, 0.15) is 12.6 Å². The number of benzene rings is 1. The van der Waals surface area contributed by atoms with Gasteiger partial charge in [0.15, 0.2) is 0 Å². The third-order valence-corrected chi connectivity index (χ3v) is 5.29. The number of nitrogens with one attached hydrogen (secondary N) is 1. The van der Waals surface area contributed by atoms with Crippen LogP contribution >= 0.6 is 11.6 Å². The number of halogens is 7. The first kappa shape index (κ1) is 27.3. The average Bonchev–Trinajstić information content (AvgIpc) is 3.23. The number of aromatic nitrogens is 2. The van der Waals surface area contributed by atoms with Gasteiger partial charge in [-0.25, -0.2) is 4.79 Å². The van der Waals surface area contributed by atoms with Crippen molar-refractivity contribution in [1.82, 2.24) is 20.4 Å². The molecule has 1 saturated heterocycles. The van der Waals surface area contributed by atoms with E-state index in [4.69, 9.17) is 20.8 Å². The van der Waals surface area contributed by atoms with Crippen LogP contribution in [0.15, 0.2) is 22.6 Å². The van der Waals surface area contributed by atoms with Crippen LogP contribution in [-0.2, 0) is 10.9 Å². The summed E-state index contributed by atoms with van der Waals surface area (Å²) < 4.78 is 88.1. The van der Waals surface area contributed by atoms with E-state index in [1.54, 1.807) is 0 Å². The molecule has 1 fully saturated rings. The number of hydrogen-bond donors (Lipinski definition) is 2. The van der Waals surface area contributed by atoms with Gasteiger partial charge in [-0.3, -0.25) is 14.4 Å². The minimum absolute atomic E-state index is 0.101. The Morgan fingerprint density at radius 2 is 1.89 bits per heavy atom. The van der Waals surface area contributed by atoms with Gasteiger partial charge in [-0.15, -0.1) is 18.3 Å². The van der Waals surface area contributed by atoms with E-state index in [0.29, 0.717) is 6.07 Å². The molecular weight excluding hydrogens is 530 g/mol. The van der Waals surface area contributed by atoms with Crippen LogP contribution in [0.5, 0.6) is 6.08 Å². The normalized spacial score (nSPS) is 18.7. The summed E-state index contributed by atoms with van der Waals surface area (Å²) in [6.45, 7) is -1.62. The first-order valence-electron chi connectivity index (χ1n) is 10.1. The van der Waals surface area contributed by atoms with Crippen molar-refractivity contribution < 1.29 is 54.9 Å². The maximum Gasteiger partial charge on any atom is 0.522 e. The highest BCUT2D eigenvalue weighted by molar-refractivity contribution is 6.31. The summed E-state index contributed by atoms with van der Waals surface area (Å²) in [6.07, 6.45) is -11.1. The smallest absolute Gasteiger partial charge is 0.465 e. The maximum atomic E-state index is 12.9. The van der Waals surface area contributed by atoms with E-state index in [-0.39, 0.29) is 30.8 Å². The van der Waals surface area contributed by atoms with Crippen molar-refractivity contribution in [1.29, 1.82) is 0 Å². The van der Waals surface area contributed by atoms with Crippen molar-refractivity contribution >= 4 is 23.6 Å². The standard InChI is InChI=1S/C19H17ClF6N4O6/c20-12-7-9(1-3-11(12)18(21,22)23)14(31)27-10-2-4-13(30(8-10)17(32)33)15-28-29-16(36-15)34-5-6-35-19(24,25)26/h1,3,7,10,13H,2,4-6,8H2,(H,27,31)(H,32,33)/t10-,13+/m0/s1. The van der Waals surface area contributed by atoms with Crippen molar-refractivity contribution in [3.63, 3.8) is 0 Å². The highest BCUT2D eigenvalue weighted by Gasteiger charge is 2.37. The fourth-order valence-corrected chi connectivity index (χ4v) is 3.70. The molecule has 2 N–H and O–H groups in total. The molecule has 2 aromatic rings. The van der Waals surface area contributed by atoms with Crippen molar-refractivity contribution in [2.24, 2.45) is 0 Å². The number of alkyl halides is 6. The molecule has 0 aliphatic carbocycles. The molecule has 2 atom stereocenters. The minimum Gasteiger partial charge on any atom is -0.465 e. The van der Waals surface area contributed by atoms with E-state index in [0.717, 1.165) is 17.0 Å². The fourth-order valence-electron chi connectivity index (χ4n) is 3.41. The zero-order valence-corrected chi connectivity index (χ0v) is 18.7. The van der Waals surface area contributed by atoms with E-state index in [1.807, 2.05) is 0 Å². The molecule has 2 heterocycles. The molecule has 0 spiro atoms. The van der Waals surface area contributed by atoms with E-state index < -0.39 is 66.5 Å². The van der Waals surface area contributed by atoms with Crippen molar-refractivity contribution in [2.75, 3.05) is 19.8 Å². The predicted molar refractivity (Wildman–Crippen MR) is 106 cm³/mol. The number of piperidine rings is 1. The molecule has 1 aromatic carbocycles. The number of carbonyl (C=O) groups excluding carboxylic acids is 1. The molecule has 0 saturated carbocycles. The second-order valence-corrected chi connectivity index (χ2v) is 7.85. The van der Waals surface area contributed by atoms with Crippen LogP contribution in [0.1, 0.15) is 40.7 Å². The second-order valence-electron chi connectivity index (χ2n) is 7.44. The second kappa shape index (κ2) is 10.8. The third kappa shape index (κ3) is 7.13. The Bertz CT molecular complexity index is 1100. The van der Waals surface area contributed by atoms with Crippen LogP contribution < -0.4 is 10.1 Å². The molecule has 1 aromatic heterocycles. The Morgan fingerprint density at radius 1 is 1.17 bits per heavy atom. The summed E-state index contributed by atoms with van der Waals surface area (Å²) in [7, 11) is 0.